The normalized spacial score (nSPS) is 22.3. The van der Waals surface area contributed by atoms with Crippen molar-refractivity contribution in [3.63, 3.8) is 0 Å². The van der Waals surface area contributed by atoms with Crippen molar-refractivity contribution in [1.29, 1.82) is 0 Å². The van der Waals surface area contributed by atoms with Crippen molar-refractivity contribution in [1.82, 2.24) is 15.1 Å². The van der Waals surface area contributed by atoms with Crippen LogP contribution in [-0.4, -0.2) is 51.0 Å². The number of aromatic nitrogens is 2. The Morgan fingerprint density at radius 1 is 1.27 bits per heavy atom. The first-order valence-corrected chi connectivity index (χ1v) is 7.79. The monoisotopic (exact) mass is 301 g/mol. The molecule has 5 heteroatoms. The molecule has 2 aromatic rings. The highest BCUT2D eigenvalue weighted by Gasteiger charge is 2.31. The van der Waals surface area contributed by atoms with Crippen molar-refractivity contribution in [2.75, 3.05) is 19.6 Å². The molecule has 1 aliphatic rings. The van der Waals surface area contributed by atoms with Crippen molar-refractivity contribution in [2.45, 2.75) is 25.9 Å². The first-order chi connectivity index (χ1) is 10.6. The molecule has 5 nitrogen and oxygen atoms in total. The summed E-state index contributed by atoms with van der Waals surface area (Å²) in [5.41, 5.74) is 3.30. The highest BCUT2D eigenvalue weighted by Crippen LogP contribution is 2.21. The summed E-state index contributed by atoms with van der Waals surface area (Å²) in [6.45, 7) is 4.56. The number of aromatic hydroxyl groups is 1. The minimum Gasteiger partial charge on any atom is -0.508 e. The molecule has 0 bridgehead atoms. The van der Waals surface area contributed by atoms with Gasteiger partial charge in [0, 0.05) is 31.2 Å². The molecule has 2 heterocycles. The second-order valence-electron chi connectivity index (χ2n) is 6.25. The van der Waals surface area contributed by atoms with Gasteiger partial charge in [-0.05, 0) is 43.5 Å². The number of nitrogens with zero attached hydrogens (tertiary/aromatic N) is 2. The highest BCUT2D eigenvalue weighted by atomic mass is 16.3. The van der Waals surface area contributed by atoms with Gasteiger partial charge in [0.15, 0.2) is 0 Å². The molecule has 0 aliphatic carbocycles. The van der Waals surface area contributed by atoms with Crippen molar-refractivity contribution < 1.29 is 10.2 Å². The number of phenolic OH excluding ortho intramolecular Hbond substituents is 1. The molecule has 1 aromatic carbocycles. The fourth-order valence-electron chi connectivity index (χ4n) is 3.12. The van der Waals surface area contributed by atoms with Crippen LogP contribution < -0.4 is 0 Å². The first kappa shape index (κ1) is 15.1. The zero-order valence-corrected chi connectivity index (χ0v) is 12.9. The molecule has 1 aromatic heterocycles. The van der Waals surface area contributed by atoms with Gasteiger partial charge in [-0.25, -0.2) is 0 Å². The maximum atomic E-state index is 10.2. The largest absolute Gasteiger partial charge is 0.508 e. The Morgan fingerprint density at radius 3 is 2.73 bits per heavy atom. The predicted molar refractivity (Wildman–Crippen MR) is 84.8 cm³/mol. The van der Waals surface area contributed by atoms with E-state index in [-0.39, 0.29) is 12.0 Å². The Labute approximate surface area is 130 Å². The lowest BCUT2D eigenvalue weighted by atomic mass is 10.0. The van der Waals surface area contributed by atoms with E-state index in [9.17, 15) is 10.2 Å². The standard InChI is InChI=1S/C17H23N3O2/c1-12-8-15(19-18-12)9-14-10-20(11-17(14)22)7-6-13-2-4-16(21)5-3-13/h2-5,8,14,17,21-22H,6-7,9-11H2,1H3,(H,18,19)/t14-,17+/m1/s1. The van der Waals surface area contributed by atoms with E-state index in [2.05, 4.69) is 15.1 Å². The van der Waals surface area contributed by atoms with Crippen LogP contribution in [0.1, 0.15) is 17.0 Å². The van der Waals surface area contributed by atoms with Crippen LogP contribution in [0.3, 0.4) is 0 Å². The van der Waals surface area contributed by atoms with Crippen LogP contribution in [0.4, 0.5) is 0 Å². The molecule has 1 saturated heterocycles. The fourth-order valence-corrected chi connectivity index (χ4v) is 3.12. The summed E-state index contributed by atoms with van der Waals surface area (Å²) in [5.74, 6) is 0.553. The van der Waals surface area contributed by atoms with E-state index in [4.69, 9.17) is 0 Å². The number of nitrogens with one attached hydrogen (secondary N) is 1. The highest BCUT2D eigenvalue weighted by molar-refractivity contribution is 5.26. The van der Waals surface area contributed by atoms with Crippen molar-refractivity contribution in [3.05, 3.63) is 47.3 Å². The van der Waals surface area contributed by atoms with Gasteiger partial charge in [0.1, 0.15) is 5.75 Å². The third kappa shape index (κ3) is 3.67. The lowest BCUT2D eigenvalue weighted by molar-refractivity contribution is 0.141. The summed E-state index contributed by atoms with van der Waals surface area (Å²) in [6.07, 6.45) is 1.47. The number of H-pyrrole nitrogens is 1. The van der Waals surface area contributed by atoms with Crippen LogP contribution >= 0.6 is 0 Å². The average molecular weight is 301 g/mol. The van der Waals surface area contributed by atoms with Gasteiger partial charge >= 0.3 is 0 Å². The number of β-amino-alcohol motifs (C(OH)–C–C–N with tert-alkyl or cyclic N) is 1. The molecular formula is C17H23N3O2. The van der Waals surface area contributed by atoms with Gasteiger partial charge in [-0.3, -0.25) is 5.10 Å². The van der Waals surface area contributed by atoms with Crippen LogP contribution in [0.25, 0.3) is 0 Å². The second kappa shape index (κ2) is 6.50. The third-order valence-electron chi connectivity index (χ3n) is 4.37. The van der Waals surface area contributed by atoms with Gasteiger partial charge < -0.3 is 15.1 Å². The molecule has 0 radical (unpaired) electrons. The lowest BCUT2D eigenvalue weighted by Crippen LogP contribution is -2.24. The number of rotatable bonds is 5. The number of aryl methyl sites for hydroxylation is 1. The molecule has 0 unspecified atom stereocenters. The SMILES string of the molecule is Cc1cc(C[C@@H]2CN(CCc3ccc(O)cc3)C[C@@H]2O)n[nH]1. The molecule has 0 saturated carbocycles. The Bertz CT molecular complexity index is 609. The Kier molecular flexibility index (Phi) is 4.45. The molecule has 118 valence electrons. The van der Waals surface area contributed by atoms with Crippen LogP contribution in [0.5, 0.6) is 5.75 Å². The van der Waals surface area contributed by atoms with Crippen molar-refractivity contribution >= 4 is 0 Å². The number of hydrogen-bond acceptors (Lipinski definition) is 4. The van der Waals surface area contributed by atoms with Crippen molar-refractivity contribution in [3.8, 4) is 5.75 Å². The van der Waals surface area contributed by atoms with E-state index in [0.717, 1.165) is 43.9 Å². The number of benzene rings is 1. The summed E-state index contributed by atoms with van der Waals surface area (Å²) < 4.78 is 0. The summed E-state index contributed by atoms with van der Waals surface area (Å²) in [7, 11) is 0. The molecule has 3 rings (SSSR count). The van der Waals surface area contributed by atoms with Gasteiger partial charge in [0.05, 0.1) is 11.8 Å². The quantitative estimate of drug-likeness (QED) is 0.782. The smallest absolute Gasteiger partial charge is 0.115 e. The van der Waals surface area contributed by atoms with E-state index >= 15 is 0 Å². The summed E-state index contributed by atoms with van der Waals surface area (Å²) in [4.78, 5) is 2.31. The lowest BCUT2D eigenvalue weighted by Gasteiger charge is -2.15. The summed E-state index contributed by atoms with van der Waals surface area (Å²) in [6, 6.07) is 9.39. The molecular weight excluding hydrogens is 278 g/mol. The van der Waals surface area contributed by atoms with E-state index < -0.39 is 0 Å². The van der Waals surface area contributed by atoms with Crippen LogP contribution in [0.15, 0.2) is 30.3 Å². The van der Waals surface area contributed by atoms with Crippen molar-refractivity contribution in [2.24, 2.45) is 5.92 Å². The number of aliphatic hydroxyl groups is 1. The molecule has 0 amide bonds. The summed E-state index contributed by atoms with van der Waals surface area (Å²) in [5, 5.41) is 26.8. The zero-order valence-electron chi connectivity index (χ0n) is 12.9. The molecule has 1 fully saturated rings. The number of hydrogen-bond donors (Lipinski definition) is 3. The molecule has 1 aliphatic heterocycles. The topological polar surface area (TPSA) is 72.4 Å². The Morgan fingerprint density at radius 2 is 2.05 bits per heavy atom. The van der Waals surface area contributed by atoms with Gasteiger partial charge in [0.2, 0.25) is 0 Å². The maximum Gasteiger partial charge on any atom is 0.115 e. The third-order valence-corrected chi connectivity index (χ3v) is 4.37. The number of phenols is 1. The maximum absolute atomic E-state index is 10.2. The fraction of sp³-hybridized carbons (Fsp3) is 0.471. The number of likely N-dealkylation sites (tertiary alicyclic amines) is 1. The Balaban J connectivity index is 1.51. The van der Waals surface area contributed by atoms with Gasteiger partial charge in [0.25, 0.3) is 0 Å². The van der Waals surface area contributed by atoms with E-state index in [1.54, 1.807) is 12.1 Å². The van der Waals surface area contributed by atoms with E-state index in [0.29, 0.717) is 5.75 Å². The molecule has 2 atom stereocenters. The van der Waals surface area contributed by atoms with Crippen LogP contribution in [0.2, 0.25) is 0 Å². The summed E-state index contributed by atoms with van der Waals surface area (Å²) >= 11 is 0. The first-order valence-electron chi connectivity index (χ1n) is 7.79. The number of aliphatic hydroxyl groups excluding tert-OH is 1. The second-order valence-corrected chi connectivity index (χ2v) is 6.25. The molecule has 0 spiro atoms. The number of aromatic amines is 1. The molecule has 3 N–H and O–H groups in total. The van der Waals surface area contributed by atoms with Gasteiger partial charge in [-0.2, -0.15) is 5.10 Å². The average Bonchev–Trinajstić information content (AvgIpc) is 3.05. The zero-order chi connectivity index (χ0) is 15.5. The Hall–Kier alpha value is -1.85. The minimum atomic E-state index is -0.281. The van der Waals surface area contributed by atoms with Gasteiger partial charge in [-0.15, -0.1) is 0 Å². The van der Waals surface area contributed by atoms with E-state index in [1.165, 1.54) is 5.56 Å². The van der Waals surface area contributed by atoms with Gasteiger partial charge in [-0.1, -0.05) is 12.1 Å². The van der Waals surface area contributed by atoms with Crippen LogP contribution in [-0.2, 0) is 12.8 Å². The minimum absolute atomic E-state index is 0.252. The molecule has 22 heavy (non-hydrogen) atoms. The van der Waals surface area contributed by atoms with E-state index in [1.807, 2.05) is 25.1 Å². The predicted octanol–water partition coefficient (Wildman–Crippen LogP) is 1.50. The van der Waals surface area contributed by atoms with Crippen LogP contribution in [0, 0.1) is 12.8 Å².